The predicted molar refractivity (Wildman–Crippen MR) is 92.9 cm³/mol. The van der Waals surface area contributed by atoms with E-state index in [1.165, 1.54) is 17.2 Å². The van der Waals surface area contributed by atoms with Crippen molar-refractivity contribution in [3.63, 3.8) is 0 Å². The van der Waals surface area contributed by atoms with Crippen molar-refractivity contribution in [1.29, 1.82) is 0 Å². The second kappa shape index (κ2) is 7.51. The standard InChI is InChI=1S/C13H16N5O6PS/c1-2-3-22-10-9(24-25(20,21)26)7(4-19)23-13(10)18-6-17-8-11(14)15-5-16-12(8)18/h1,5-7,9-10,13,19H,3-4H2,(H2,14,15,16)(H2,20,21,26)/t7-,9-,10-,13-/m1/s1. The van der Waals surface area contributed by atoms with Crippen LogP contribution in [0.3, 0.4) is 0 Å². The molecule has 1 aliphatic rings. The van der Waals surface area contributed by atoms with Crippen molar-refractivity contribution in [3.8, 4) is 12.3 Å². The van der Waals surface area contributed by atoms with Crippen LogP contribution in [-0.4, -0.2) is 65.9 Å². The molecule has 2 aromatic rings. The highest BCUT2D eigenvalue weighted by Gasteiger charge is 2.49. The minimum atomic E-state index is -4.05. The van der Waals surface area contributed by atoms with Crippen LogP contribution in [0.4, 0.5) is 5.82 Å². The normalized spacial score (nSPS) is 26.2. The Labute approximate surface area is 153 Å². The van der Waals surface area contributed by atoms with Gasteiger partial charge in [0.05, 0.1) is 12.9 Å². The van der Waals surface area contributed by atoms with E-state index in [1.54, 1.807) is 0 Å². The van der Waals surface area contributed by atoms with E-state index in [2.05, 4.69) is 32.7 Å². The van der Waals surface area contributed by atoms with E-state index in [4.69, 9.17) is 26.2 Å². The predicted octanol–water partition coefficient (Wildman–Crippen LogP) is -1.09. The summed E-state index contributed by atoms with van der Waals surface area (Å²) < 4.78 is 18.0. The summed E-state index contributed by atoms with van der Waals surface area (Å²) in [5.74, 6) is 2.50. The lowest BCUT2D eigenvalue weighted by Crippen LogP contribution is -2.37. The SMILES string of the molecule is C#CCO[C@@H]1[C@H](OP(O)(O)=S)[C@@H](CO)O[C@H]1n1cnc2c(N)ncnc21. The maximum atomic E-state index is 9.59. The van der Waals surface area contributed by atoms with E-state index in [9.17, 15) is 14.9 Å². The molecule has 1 saturated heterocycles. The lowest BCUT2D eigenvalue weighted by atomic mass is 10.1. The number of aliphatic hydroxyl groups is 1. The summed E-state index contributed by atoms with van der Waals surface area (Å²) in [5, 5.41) is 9.59. The van der Waals surface area contributed by atoms with Gasteiger partial charge < -0.3 is 30.1 Å². The largest absolute Gasteiger partial charge is 0.394 e. The Morgan fingerprint density at radius 2 is 2.15 bits per heavy atom. The molecule has 0 saturated carbocycles. The van der Waals surface area contributed by atoms with Gasteiger partial charge in [0.25, 0.3) is 0 Å². The Hall–Kier alpha value is -1.68. The molecule has 0 bridgehead atoms. The fourth-order valence-corrected chi connectivity index (χ4v) is 3.61. The minimum Gasteiger partial charge on any atom is -0.394 e. The van der Waals surface area contributed by atoms with Crippen LogP contribution in [0.25, 0.3) is 11.2 Å². The van der Waals surface area contributed by atoms with Gasteiger partial charge in [-0.25, -0.2) is 15.0 Å². The Morgan fingerprint density at radius 3 is 2.81 bits per heavy atom. The quantitative estimate of drug-likeness (QED) is 0.344. The molecule has 3 heterocycles. The van der Waals surface area contributed by atoms with Gasteiger partial charge >= 0.3 is 6.72 Å². The molecule has 0 unspecified atom stereocenters. The molecule has 3 rings (SSSR count). The fraction of sp³-hybridized carbons (Fsp3) is 0.462. The molecule has 1 fully saturated rings. The zero-order chi connectivity index (χ0) is 18.9. The zero-order valence-electron chi connectivity index (χ0n) is 13.2. The number of nitrogen functional groups attached to an aromatic ring is 1. The molecular formula is C13H16N5O6PS. The maximum Gasteiger partial charge on any atom is 0.322 e. The summed E-state index contributed by atoms with van der Waals surface area (Å²) in [5.41, 5.74) is 6.50. The maximum absolute atomic E-state index is 9.59. The first-order valence-electron chi connectivity index (χ1n) is 7.34. The number of aliphatic hydroxyl groups excluding tert-OH is 1. The summed E-state index contributed by atoms with van der Waals surface area (Å²) >= 11 is 4.53. The highest BCUT2D eigenvalue weighted by atomic mass is 32.5. The van der Waals surface area contributed by atoms with Gasteiger partial charge in [0, 0.05) is 0 Å². The van der Waals surface area contributed by atoms with Crippen LogP contribution in [-0.2, 0) is 25.8 Å². The molecule has 11 nitrogen and oxygen atoms in total. The smallest absolute Gasteiger partial charge is 0.322 e. The lowest BCUT2D eigenvalue weighted by molar-refractivity contribution is -0.0635. The molecule has 26 heavy (non-hydrogen) atoms. The zero-order valence-corrected chi connectivity index (χ0v) is 15.0. The van der Waals surface area contributed by atoms with Crippen LogP contribution in [0.15, 0.2) is 12.7 Å². The summed E-state index contributed by atoms with van der Waals surface area (Å²) in [6, 6.07) is 0. The van der Waals surface area contributed by atoms with E-state index in [-0.39, 0.29) is 12.4 Å². The third-order valence-corrected chi connectivity index (χ3v) is 4.52. The number of fused-ring (bicyclic) bond motifs is 1. The summed E-state index contributed by atoms with van der Waals surface area (Å²) in [6.45, 7) is -4.64. The number of anilines is 1. The molecule has 5 N–H and O–H groups in total. The molecule has 2 aromatic heterocycles. The fourth-order valence-electron chi connectivity index (χ4n) is 2.74. The Bertz CT molecular complexity index is 882. The second-order valence-corrected chi connectivity index (χ2v) is 7.99. The minimum absolute atomic E-state index is 0.105. The van der Waals surface area contributed by atoms with Gasteiger partial charge in [-0.05, 0) is 11.8 Å². The van der Waals surface area contributed by atoms with Crippen LogP contribution in [0.5, 0.6) is 0 Å². The van der Waals surface area contributed by atoms with Crippen molar-refractivity contribution in [2.45, 2.75) is 24.5 Å². The van der Waals surface area contributed by atoms with E-state index >= 15 is 0 Å². The molecule has 0 aliphatic carbocycles. The van der Waals surface area contributed by atoms with E-state index < -0.39 is 37.9 Å². The van der Waals surface area contributed by atoms with Crippen molar-refractivity contribution in [2.75, 3.05) is 18.9 Å². The Balaban J connectivity index is 2.02. The van der Waals surface area contributed by atoms with Crippen LogP contribution in [0.1, 0.15) is 6.23 Å². The van der Waals surface area contributed by atoms with Crippen molar-refractivity contribution < 1.29 is 28.9 Å². The summed E-state index contributed by atoms with van der Waals surface area (Å²) in [7, 11) is 0. The topological polar surface area (TPSA) is 158 Å². The van der Waals surface area contributed by atoms with Crippen LogP contribution in [0.2, 0.25) is 0 Å². The monoisotopic (exact) mass is 401 g/mol. The first-order valence-corrected chi connectivity index (χ1v) is 9.96. The van der Waals surface area contributed by atoms with Gasteiger partial charge in [0.2, 0.25) is 0 Å². The van der Waals surface area contributed by atoms with Gasteiger partial charge in [0.1, 0.15) is 36.8 Å². The molecule has 0 radical (unpaired) electrons. The summed E-state index contributed by atoms with van der Waals surface area (Å²) in [4.78, 5) is 31.2. The van der Waals surface area contributed by atoms with Crippen molar-refractivity contribution in [2.24, 2.45) is 0 Å². The number of imidazole rings is 1. The Kier molecular flexibility index (Phi) is 5.52. The van der Waals surface area contributed by atoms with Crippen LogP contribution >= 0.6 is 6.72 Å². The summed E-state index contributed by atoms with van der Waals surface area (Å²) in [6.07, 6.45) is 4.11. The van der Waals surface area contributed by atoms with Gasteiger partial charge in [-0.15, -0.1) is 6.42 Å². The highest BCUT2D eigenvalue weighted by Crippen LogP contribution is 2.45. The van der Waals surface area contributed by atoms with Gasteiger partial charge in [-0.3, -0.25) is 9.09 Å². The van der Waals surface area contributed by atoms with Gasteiger partial charge in [0.15, 0.2) is 17.7 Å². The number of nitrogens with two attached hydrogens (primary N) is 1. The molecule has 0 aromatic carbocycles. The van der Waals surface area contributed by atoms with Gasteiger partial charge in [-0.2, -0.15) is 0 Å². The molecule has 4 atom stereocenters. The third kappa shape index (κ3) is 3.71. The number of aromatic nitrogens is 4. The average molecular weight is 401 g/mol. The van der Waals surface area contributed by atoms with Crippen LogP contribution < -0.4 is 5.73 Å². The number of rotatable bonds is 6. The molecule has 13 heteroatoms. The first kappa shape index (κ1) is 19.1. The number of hydrogen-bond donors (Lipinski definition) is 4. The molecule has 1 aliphatic heterocycles. The number of ether oxygens (including phenoxy) is 2. The third-order valence-electron chi connectivity index (χ3n) is 3.74. The van der Waals surface area contributed by atoms with Crippen LogP contribution in [0, 0.1) is 12.3 Å². The molecular weight excluding hydrogens is 385 g/mol. The molecule has 0 amide bonds. The van der Waals surface area contributed by atoms with E-state index in [0.717, 1.165) is 0 Å². The van der Waals surface area contributed by atoms with E-state index in [0.29, 0.717) is 11.2 Å². The number of nitrogens with zero attached hydrogens (tertiary/aromatic N) is 4. The lowest BCUT2D eigenvalue weighted by Gasteiger charge is -2.25. The van der Waals surface area contributed by atoms with Crippen molar-refractivity contribution >= 4 is 35.5 Å². The number of terminal acetylenes is 1. The van der Waals surface area contributed by atoms with Gasteiger partial charge in [-0.1, -0.05) is 5.92 Å². The number of hydrogen-bond acceptors (Lipinski definition) is 9. The first-order chi connectivity index (χ1) is 12.4. The average Bonchev–Trinajstić information content (AvgIpc) is 3.14. The van der Waals surface area contributed by atoms with Crippen molar-refractivity contribution in [1.82, 2.24) is 19.5 Å². The molecule has 0 spiro atoms. The Morgan fingerprint density at radius 1 is 1.38 bits per heavy atom. The highest BCUT2D eigenvalue weighted by molar-refractivity contribution is 8.06. The van der Waals surface area contributed by atoms with Crippen molar-refractivity contribution in [3.05, 3.63) is 12.7 Å². The molecule has 140 valence electrons. The van der Waals surface area contributed by atoms with E-state index in [1.807, 2.05) is 0 Å². The second-order valence-electron chi connectivity index (χ2n) is 5.37.